The zero-order valence-corrected chi connectivity index (χ0v) is 22.7. The number of ether oxygens (including phenoxy) is 3. The number of nitrogens with zero attached hydrogens (tertiary/aromatic N) is 3. The Bertz CT molecular complexity index is 1580. The lowest BCUT2D eigenvalue weighted by molar-refractivity contribution is -0.143. The molecule has 0 amide bonds. The van der Waals surface area contributed by atoms with Gasteiger partial charge < -0.3 is 14.2 Å². The van der Waals surface area contributed by atoms with Crippen LogP contribution in [0.1, 0.15) is 16.7 Å². The van der Waals surface area contributed by atoms with Crippen molar-refractivity contribution in [1.29, 1.82) is 0 Å². The standard InChI is InChI=1S/C25H19F6N3O5S2/c1-37-19-4-3-15(22(12-19)38-2)13-34(23-33-32-14-40-23)41(35,36)21-7-5-18(6-8-21)39-20-10-16(24(26,27)28)9-17(11-20)25(29,30)31/h3-12,14H,13H2,1-2H3. The van der Waals surface area contributed by atoms with Gasteiger partial charge in [0, 0.05) is 11.6 Å². The van der Waals surface area contributed by atoms with Crippen molar-refractivity contribution in [3.05, 3.63) is 82.9 Å². The lowest BCUT2D eigenvalue weighted by Gasteiger charge is -2.22. The first-order valence-corrected chi connectivity index (χ1v) is 13.6. The Morgan fingerprint density at radius 3 is 1.93 bits per heavy atom. The van der Waals surface area contributed by atoms with Gasteiger partial charge in [0.25, 0.3) is 10.0 Å². The second kappa shape index (κ2) is 11.4. The van der Waals surface area contributed by atoms with Crippen LogP contribution >= 0.6 is 11.3 Å². The van der Waals surface area contributed by atoms with Crippen LogP contribution in [-0.4, -0.2) is 32.8 Å². The van der Waals surface area contributed by atoms with Gasteiger partial charge in [0.1, 0.15) is 28.5 Å². The first-order chi connectivity index (χ1) is 19.2. The second-order valence-corrected chi connectivity index (χ2v) is 10.9. The number of sulfonamides is 1. The number of hydrogen-bond acceptors (Lipinski definition) is 8. The number of rotatable bonds is 9. The Balaban J connectivity index is 1.65. The molecule has 1 heterocycles. The van der Waals surface area contributed by atoms with Gasteiger partial charge in [-0.25, -0.2) is 12.7 Å². The molecule has 218 valence electrons. The first kappa shape index (κ1) is 29.9. The molecule has 0 N–H and O–H groups in total. The zero-order valence-electron chi connectivity index (χ0n) is 21.0. The highest BCUT2D eigenvalue weighted by Crippen LogP contribution is 2.39. The Morgan fingerprint density at radius 2 is 1.41 bits per heavy atom. The second-order valence-electron chi connectivity index (χ2n) is 8.23. The predicted molar refractivity (Wildman–Crippen MR) is 136 cm³/mol. The minimum atomic E-state index is -5.06. The van der Waals surface area contributed by atoms with Crippen LogP contribution in [0.25, 0.3) is 0 Å². The van der Waals surface area contributed by atoms with Crippen molar-refractivity contribution < 1.29 is 49.0 Å². The molecule has 0 fully saturated rings. The Hall–Kier alpha value is -4.05. The third-order valence-electron chi connectivity index (χ3n) is 5.58. The van der Waals surface area contributed by atoms with Gasteiger partial charge in [0.05, 0.1) is 36.8 Å². The van der Waals surface area contributed by atoms with Gasteiger partial charge >= 0.3 is 12.4 Å². The summed E-state index contributed by atoms with van der Waals surface area (Å²) >= 11 is 0.955. The summed E-state index contributed by atoms with van der Waals surface area (Å²) in [6.45, 7) is -0.215. The quantitative estimate of drug-likeness (QED) is 0.191. The molecule has 3 aromatic carbocycles. The van der Waals surface area contributed by atoms with E-state index in [0.717, 1.165) is 39.9 Å². The molecule has 0 bridgehead atoms. The van der Waals surface area contributed by atoms with Crippen molar-refractivity contribution in [3.8, 4) is 23.0 Å². The highest BCUT2D eigenvalue weighted by molar-refractivity contribution is 7.93. The molecule has 0 spiro atoms. The molecule has 0 aliphatic heterocycles. The van der Waals surface area contributed by atoms with E-state index in [9.17, 15) is 34.8 Å². The van der Waals surface area contributed by atoms with Gasteiger partial charge in [-0.1, -0.05) is 11.3 Å². The van der Waals surface area contributed by atoms with E-state index >= 15 is 0 Å². The molecule has 0 aliphatic carbocycles. The summed E-state index contributed by atoms with van der Waals surface area (Å²) in [6.07, 6.45) is -10.1. The molecule has 0 saturated carbocycles. The molecule has 1 aromatic heterocycles. The summed E-state index contributed by atoms with van der Waals surface area (Å²) in [7, 11) is -1.44. The van der Waals surface area contributed by atoms with Gasteiger partial charge in [-0.3, -0.25) is 0 Å². The van der Waals surface area contributed by atoms with Crippen molar-refractivity contribution >= 4 is 26.5 Å². The van der Waals surface area contributed by atoms with E-state index in [4.69, 9.17) is 14.2 Å². The van der Waals surface area contributed by atoms with Crippen LogP contribution in [0.15, 0.2) is 71.1 Å². The first-order valence-electron chi connectivity index (χ1n) is 11.3. The normalized spacial score (nSPS) is 12.2. The van der Waals surface area contributed by atoms with Crippen LogP contribution in [0.4, 0.5) is 31.5 Å². The van der Waals surface area contributed by atoms with Crippen molar-refractivity contribution in [2.24, 2.45) is 0 Å². The molecule has 4 rings (SSSR count). The molecular formula is C25H19F6N3O5S2. The number of hydrogen-bond donors (Lipinski definition) is 0. The van der Waals surface area contributed by atoms with E-state index in [1.807, 2.05) is 0 Å². The average molecular weight is 620 g/mol. The van der Waals surface area contributed by atoms with E-state index < -0.39 is 39.3 Å². The van der Waals surface area contributed by atoms with Gasteiger partial charge in [-0.15, -0.1) is 10.2 Å². The van der Waals surface area contributed by atoms with Crippen LogP contribution in [0.3, 0.4) is 0 Å². The maximum absolute atomic E-state index is 13.6. The van der Waals surface area contributed by atoms with Gasteiger partial charge in [-0.2, -0.15) is 26.3 Å². The molecule has 0 aliphatic rings. The summed E-state index contributed by atoms with van der Waals surface area (Å²) in [5.74, 6) is -0.104. The molecule has 0 saturated heterocycles. The molecule has 0 atom stereocenters. The summed E-state index contributed by atoms with van der Waals surface area (Å²) < 4.78 is 123. The maximum atomic E-state index is 13.6. The summed E-state index contributed by atoms with van der Waals surface area (Å²) in [4.78, 5) is -0.257. The topological polar surface area (TPSA) is 90.9 Å². The van der Waals surface area contributed by atoms with E-state index in [1.54, 1.807) is 18.2 Å². The molecule has 0 radical (unpaired) electrons. The summed E-state index contributed by atoms with van der Waals surface area (Å²) in [5.41, 5.74) is -1.30. The minimum absolute atomic E-state index is 0.0254. The minimum Gasteiger partial charge on any atom is -0.497 e. The number of benzene rings is 3. The fraction of sp³-hybridized carbons (Fsp3) is 0.200. The lowest BCUT2D eigenvalue weighted by atomic mass is 10.1. The van der Waals surface area contributed by atoms with Crippen molar-refractivity contribution in [2.75, 3.05) is 18.5 Å². The van der Waals surface area contributed by atoms with Gasteiger partial charge in [0.15, 0.2) is 0 Å². The smallest absolute Gasteiger partial charge is 0.416 e. The zero-order chi connectivity index (χ0) is 30.0. The van der Waals surface area contributed by atoms with E-state index in [-0.39, 0.29) is 28.4 Å². The molecule has 0 unspecified atom stereocenters. The van der Waals surface area contributed by atoms with Gasteiger partial charge in [-0.05, 0) is 54.6 Å². The SMILES string of the molecule is COc1ccc(CN(c2nncs2)S(=O)(=O)c2ccc(Oc3cc(C(F)(F)F)cc(C(F)(F)F)c3)cc2)c(OC)c1. The Labute approximate surface area is 233 Å². The molecule has 8 nitrogen and oxygen atoms in total. The third kappa shape index (κ3) is 6.82. The van der Waals surface area contributed by atoms with Crippen LogP contribution in [0.5, 0.6) is 23.0 Å². The summed E-state index contributed by atoms with van der Waals surface area (Å²) in [5, 5.41) is 7.60. The number of halogens is 6. The Morgan fingerprint density at radius 1 is 0.805 bits per heavy atom. The van der Waals surface area contributed by atoms with Crippen LogP contribution in [0.2, 0.25) is 0 Å². The van der Waals surface area contributed by atoms with E-state index in [1.165, 1.54) is 19.7 Å². The monoisotopic (exact) mass is 619 g/mol. The molecule has 41 heavy (non-hydrogen) atoms. The molecule has 4 aromatic rings. The number of alkyl halides is 6. The average Bonchev–Trinajstić information content (AvgIpc) is 3.45. The summed E-state index contributed by atoms with van der Waals surface area (Å²) in [6, 6.07) is 10.0. The largest absolute Gasteiger partial charge is 0.497 e. The Kier molecular flexibility index (Phi) is 8.35. The lowest BCUT2D eigenvalue weighted by Crippen LogP contribution is -2.30. The van der Waals surface area contributed by atoms with E-state index in [0.29, 0.717) is 29.2 Å². The third-order valence-corrected chi connectivity index (χ3v) is 8.16. The number of anilines is 1. The van der Waals surface area contributed by atoms with Crippen molar-refractivity contribution in [1.82, 2.24) is 10.2 Å². The number of aromatic nitrogens is 2. The number of methoxy groups -OCH3 is 2. The highest BCUT2D eigenvalue weighted by Gasteiger charge is 2.37. The molecule has 16 heteroatoms. The van der Waals surface area contributed by atoms with Crippen molar-refractivity contribution in [3.63, 3.8) is 0 Å². The van der Waals surface area contributed by atoms with Gasteiger partial charge in [0.2, 0.25) is 5.13 Å². The van der Waals surface area contributed by atoms with Crippen LogP contribution in [0, 0.1) is 0 Å². The fourth-order valence-corrected chi connectivity index (χ4v) is 5.77. The van der Waals surface area contributed by atoms with E-state index in [2.05, 4.69) is 10.2 Å². The fourth-order valence-electron chi connectivity index (χ4n) is 3.60. The van der Waals surface area contributed by atoms with Crippen LogP contribution in [-0.2, 0) is 28.9 Å². The van der Waals surface area contributed by atoms with Crippen molar-refractivity contribution in [2.45, 2.75) is 23.8 Å². The highest BCUT2D eigenvalue weighted by atomic mass is 32.2. The predicted octanol–water partition coefficient (Wildman–Crippen LogP) is 6.78. The maximum Gasteiger partial charge on any atom is 0.416 e. The molecular weight excluding hydrogens is 600 g/mol. The van der Waals surface area contributed by atoms with Crippen LogP contribution < -0.4 is 18.5 Å².